The van der Waals surface area contributed by atoms with Crippen molar-refractivity contribution < 1.29 is 33.4 Å². The summed E-state index contributed by atoms with van der Waals surface area (Å²) in [6.07, 6.45) is -0.913. The van der Waals surface area contributed by atoms with Gasteiger partial charge < -0.3 is 23.7 Å². The first-order valence-electron chi connectivity index (χ1n) is 10.6. The topological polar surface area (TPSA) is 110 Å². The molecule has 0 saturated carbocycles. The molecular formula is C25H24N2O8. The lowest BCUT2D eigenvalue weighted by atomic mass is 9.89. The van der Waals surface area contributed by atoms with Gasteiger partial charge in [-0.1, -0.05) is 24.3 Å². The third-order valence-electron chi connectivity index (χ3n) is 5.72. The highest BCUT2D eigenvalue weighted by molar-refractivity contribution is 6.06. The second-order valence-electron chi connectivity index (χ2n) is 7.58. The maximum Gasteiger partial charge on any atom is 0.311 e. The lowest BCUT2D eigenvalue weighted by Crippen LogP contribution is -2.61. The van der Waals surface area contributed by atoms with Crippen molar-refractivity contribution in [2.75, 3.05) is 33.3 Å². The van der Waals surface area contributed by atoms with Gasteiger partial charge in [-0.25, -0.2) is 0 Å². The van der Waals surface area contributed by atoms with Crippen molar-refractivity contribution in [3.63, 3.8) is 0 Å². The number of rotatable bonds is 9. The number of anilines is 1. The SMILES string of the molecule is COc1ccc([C@@H]2[C@H](Oc3ccccc3)C(=O)N2c2cc(OC)c(OC)c(OC)c2)cc1[N+](=O)[O-]. The van der Waals surface area contributed by atoms with Gasteiger partial charge in [0.05, 0.1) is 39.0 Å². The number of nitro benzene ring substituents is 1. The van der Waals surface area contributed by atoms with Crippen molar-refractivity contribution in [2.45, 2.75) is 12.1 Å². The summed E-state index contributed by atoms with van der Waals surface area (Å²) in [5.74, 6) is 1.39. The first kappa shape index (κ1) is 23.7. The molecule has 0 aromatic heterocycles. The molecule has 1 amide bonds. The number of β-lactam (4-membered cyclic amide) rings is 1. The molecule has 1 fully saturated rings. The maximum absolute atomic E-state index is 13.4. The molecule has 35 heavy (non-hydrogen) atoms. The van der Waals surface area contributed by atoms with Crippen LogP contribution in [-0.4, -0.2) is 45.4 Å². The highest BCUT2D eigenvalue weighted by Gasteiger charge is 2.52. The fourth-order valence-corrected chi connectivity index (χ4v) is 4.07. The fraction of sp³-hybridized carbons (Fsp3) is 0.240. The Hall–Kier alpha value is -4.47. The molecule has 2 atom stereocenters. The standard InChI is InChI=1S/C25H24N2O8/c1-31-19-11-10-15(12-18(19)27(29)30)22-24(35-17-8-6-5-7-9-17)25(28)26(22)16-13-20(32-2)23(34-4)21(14-16)33-3/h5-14,22,24H,1-4H3/t22-,24+/m1/s1. The zero-order chi connectivity index (χ0) is 25.1. The second kappa shape index (κ2) is 9.80. The van der Waals surface area contributed by atoms with E-state index in [0.717, 1.165) is 0 Å². The first-order valence-corrected chi connectivity index (χ1v) is 10.6. The van der Waals surface area contributed by atoms with E-state index < -0.39 is 17.1 Å². The molecular weight excluding hydrogens is 456 g/mol. The normalized spacial score (nSPS) is 16.8. The van der Waals surface area contributed by atoms with E-state index in [1.54, 1.807) is 42.5 Å². The Morgan fingerprint density at radius 3 is 2.00 bits per heavy atom. The molecule has 0 N–H and O–H groups in total. The number of amides is 1. The minimum atomic E-state index is -0.913. The molecule has 1 heterocycles. The van der Waals surface area contributed by atoms with E-state index in [2.05, 4.69) is 0 Å². The van der Waals surface area contributed by atoms with Gasteiger partial charge in [0.1, 0.15) is 11.8 Å². The lowest BCUT2D eigenvalue weighted by Gasteiger charge is -2.46. The maximum atomic E-state index is 13.4. The molecule has 182 valence electrons. The zero-order valence-corrected chi connectivity index (χ0v) is 19.6. The van der Waals surface area contributed by atoms with Crippen LogP contribution in [0, 0.1) is 10.1 Å². The summed E-state index contributed by atoms with van der Waals surface area (Å²) in [6, 6.07) is 16.1. The molecule has 3 aromatic carbocycles. The van der Waals surface area contributed by atoms with E-state index in [4.69, 9.17) is 23.7 Å². The number of methoxy groups -OCH3 is 4. The van der Waals surface area contributed by atoms with Gasteiger partial charge >= 0.3 is 5.69 Å². The van der Waals surface area contributed by atoms with E-state index in [-0.39, 0.29) is 17.3 Å². The second-order valence-corrected chi connectivity index (χ2v) is 7.58. The molecule has 1 saturated heterocycles. The first-order chi connectivity index (χ1) is 16.9. The van der Waals surface area contributed by atoms with Crippen LogP contribution in [0.1, 0.15) is 11.6 Å². The molecule has 4 rings (SSSR count). The molecule has 0 bridgehead atoms. The number of hydrogen-bond acceptors (Lipinski definition) is 8. The van der Waals surface area contributed by atoms with Crippen LogP contribution in [0.2, 0.25) is 0 Å². The summed E-state index contributed by atoms with van der Waals surface area (Å²) < 4.78 is 27.4. The number of nitrogens with zero attached hydrogens (tertiary/aromatic N) is 2. The van der Waals surface area contributed by atoms with Crippen molar-refractivity contribution >= 4 is 17.3 Å². The molecule has 0 spiro atoms. The van der Waals surface area contributed by atoms with Crippen molar-refractivity contribution in [3.05, 3.63) is 76.3 Å². The van der Waals surface area contributed by atoms with Crippen molar-refractivity contribution in [1.82, 2.24) is 0 Å². The van der Waals surface area contributed by atoms with E-state index in [9.17, 15) is 14.9 Å². The van der Waals surface area contributed by atoms with Crippen LogP contribution in [0.4, 0.5) is 11.4 Å². The minimum absolute atomic E-state index is 0.115. The quantitative estimate of drug-likeness (QED) is 0.255. The van der Waals surface area contributed by atoms with Crippen molar-refractivity contribution in [2.24, 2.45) is 0 Å². The summed E-state index contributed by atoms with van der Waals surface area (Å²) in [7, 11) is 5.80. The Morgan fingerprint density at radius 1 is 0.829 bits per heavy atom. The highest BCUT2D eigenvalue weighted by atomic mass is 16.6. The van der Waals surface area contributed by atoms with Gasteiger partial charge in [-0.2, -0.15) is 0 Å². The predicted octanol–water partition coefficient (Wildman–Crippen LogP) is 4.16. The number of hydrogen-bond donors (Lipinski definition) is 0. The Balaban J connectivity index is 1.82. The summed E-state index contributed by atoms with van der Waals surface area (Å²) in [4.78, 5) is 26.0. The van der Waals surface area contributed by atoms with Gasteiger partial charge in [0.25, 0.3) is 5.91 Å². The van der Waals surface area contributed by atoms with E-state index in [0.29, 0.717) is 34.2 Å². The van der Waals surface area contributed by atoms with Crippen LogP contribution in [0.25, 0.3) is 0 Å². The Labute approximate surface area is 201 Å². The summed E-state index contributed by atoms with van der Waals surface area (Å²) in [5, 5.41) is 11.7. The number of carbonyl (C=O) groups is 1. The predicted molar refractivity (Wildman–Crippen MR) is 127 cm³/mol. The number of benzene rings is 3. The van der Waals surface area contributed by atoms with Gasteiger partial charge in [0, 0.05) is 18.2 Å². The molecule has 1 aliphatic rings. The molecule has 10 nitrogen and oxygen atoms in total. The van der Waals surface area contributed by atoms with Crippen molar-refractivity contribution in [1.29, 1.82) is 0 Å². The lowest BCUT2D eigenvalue weighted by molar-refractivity contribution is -0.385. The highest BCUT2D eigenvalue weighted by Crippen LogP contribution is 2.48. The molecule has 0 aliphatic carbocycles. The van der Waals surface area contributed by atoms with Gasteiger partial charge in [-0.05, 0) is 23.8 Å². The molecule has 10 heteroatoms. The van der Waals surface area contributed by atoms with E-state index in [1.165, 1.54) is 45.5 Å². The average Bonchev–Trinajstić information content (AvgIpc) is 2.89. The number of nitro groups is 1. The Kier molecular flexibility index (Phi) is 6.63. The van der Waals surface area contributed by atoms with Crippen LogP contribution in [0.3, 0.4) is 0 Å². The minimum Gasteiger partial charge on any atom is -0.493 e. The molecule has 3 aromatic rings. The Bertz CT molecular complexity index is 1220. The number of para-hydroxylation sites is 1. The van der Waals surface area contributed by atoms with Crippen molar-refractivity contribution in [3.8, 4) is 28.7 Å². The molecule has 0 radical (unpaired) electrons. The smallest absolute Gasteiger partial charge is 0.311 e. The van der Waals surface area contributed by atoms with Crippen LogP contribution in [0.5, 0.6) is 28.7 Å². The van der Waals surface area contributed by atoms with E-state index >= 15 is 0 Å². The number of carbonyl (C=O) groups excluding carboxylic acids is 1. The largest absolute Gasteiger partial charge is 0.493 e. The van der Waals surface area contributed by atoms with Gasteiger partial charge in [0.15, 0.2) is 17.2 Å². The summed E-state index contributed by atoms with van der Waals surface area (Å²) >= 11 is 0. The van der Waals surface area contributed by atoms with Crippen LogP contribution in [0.15, 0.2) is 60.7 Å². The van der Waals surface area contributed by atoms with Crippen LogP contribution >= 0.6 is 0 Å². The van der Waals surface area contributed by atoms with Crippen LogP contribution in [-0.2, 0) is 4.79 Å². The number of ether oxygens (including phenoxy) is 5. The monoisotopic (exact) mass is 480 g/mol. The summed E-state index contributed by atoms with van der Waals surface area (Å²) in [6.45, 7) is 0. The third-order valence-corrected chi connectivity index (χ3v) is 5.72. The Morgan fingerprint density at radius 2 is 1.46 bits per heavy atom. The summed E-state index contributed by atoms with van der Waals surface area (Å²) in [5.41, 5.74) is 0.750. The fourth-order valence-electron chi connectivity index (χ4n) is 4.07. The van der Waals surface area contributed by atoms with Gasteiger partial charge in [0.2, 0.25) is 11.9 Å². The van der Waals surface area contributed by atoms with Gasteiger partial charge in [-0.3, -0.25) is 19.8 Å². The van der Waals surface area contributed by atoms with Crippen LogP contribution < -0.4 is 28.6 Å². The zero-order valence-electron chi connectivity index (χ0n) is 19.6. The van der Waals surface area contributed by atoms with E-state index in [1.807, 2.05) is 6.07 Å². The molecule has 0 unspecified atom stereocenters. The molecule has 1 aliphatic heterocycles. The third kappa shape index (κ3) is 4.25. The average molecular weight is 480 g/mol. The van der Waals surface area contributed by atoms with Gasteiger partial charge in [-0.15, -0.1) is 0 Å².